The zero-order valence-corrected chi connectivity index (χ0v) is 13.6. The minimum atomic E-state index is -3.79. The SMILES string of the molecule is Cc1cc(Cl)c(S(=O)(=O)Nc2nc(C3CC3)cs2)cc1N. The number of nitrogens with one attached hydrogen (secondary N) is 1. The number of nitrogens with zero attached hydrogens (tertiary/aromatic N) is 1. The fourth-order valence-electron chi connectivity index (χ4n) is 1.94. The van der Waals surface area contributed by atoms with Gasteiger partial charge >= 0.3 is 0 Å². The molecular formula is C13H14ClN3O2S2. The van der Waals surface area contributed by atoms with E-state index < -0.39 is 10.0 Å². The van der Waals surface area contributed by atoms with Crippen LogP contribution in [0.3, 0.4) is 0 Å². The number of nitrogen functional groups attached to an aromatic ring is 1. The van der Waals surface area contributed by atoms with Crippen LogP contribution in [0.5, 0.6) is 0 Å². The van der Waals surface area contributed by atoms with Crippen molar-refractivity contribution in [3.05, 3.63) is 33.8 Å². The van der Waals surface area contributed by atoms with E-state index in [1.807, 2.05) is 5.38 Å². The Labute approximate surface area is 132 Å². The number of benzene rings is 1. The summed E-state index contributed by atoms with van der Waals surface area (Å²) in [7, 11) is -3.79. The molecule has 2 aromatic rings. The lowest BCUT2D eigenvalue weighted by Gasteiger charge is -2.09. The highest BCUT2D eigenvalue weighted by Crippen LogP contribution is 2.41. The molecule has 0 unspecified atom stereocenters. The zero-order chi connectivity index (χ0) is 15.2. The standard InChI is InChI=1S/C13H14ClN3O2S2/c1-7-4-9(14)12(5-10(7)15)21(18,19)17-13-16-11(6-20-13)8-2-3-8/h4-6,8H,2-3,15H2,1H3,(H,16,17). The summed E-state index contributed by atoms with van der Waals surface area (Å²) in [5, 5.41) is 2.39. The van der Waals surface area contributed by atoms with Crippen molar-refractivity contribution < 1.29 is 8.42 Å². The number of aromatic nitrogens is 1. The molecule has 0 saturated heterocycles. The second kappa shape index (κ2) is 5.15. The second-order valence-corrected chi connectivity index (χ2v) is 8.01. The van der Waals surface area contributed by atoms with Crippen molar-refractivity contribution in [1.82, 2.24) is 4.98 Å². The summed E-state index contributed by atoms with van der Waals surface area (Å²) in [5.41, 5.74) is 7.85. The molecule has 1 aliphatic rings. The third-order valence-corrected chi connectivity index (χ3v) is 6.06. The summed E-state index contributed by atoms with van der Waals surface area (Å²) in [5.74, 6) is 0.484. The highest BCUT2D eigenvalue weighted by Gasteiger charge is 2.27. The number of hydrogen-bond acceptors (Lipinski definition) is 5. The highest BCUT2D eigenvalue weighted by atomic mass is 35.5. The molecule has 1 aromatic heterocycles. The number of nitrogens with two attached hydrogens (primary N) is 1. The Morgan fingerprint density at radius 2 is 2.14 bits per heavy atom. The molecular weight excluding hydrogens is 330 g/mol. The molecule has 3 rings (SSSR count). The molecule has 1 aliphatic carbocycles. The van der Waals surface area contributed by atoms with Gasteiger partial charge in [-0.15, -0.1) is 11.3 Å². The van der Waals surface area contributed by atoms with Crippen molar-refractivity contribution in [2.24, 2.45) is 0 Å². The van der Waals surface area contributed by atoms with Gasteiger partial charge in [-0.05, 0) is 37.5 Å². The maximum absolute atomic E-state index is 12.4. The van der Waals surface area contributed by atoms with E-state index in [-0.39, 0.29) is 9.92 Å². The van der Waals surface area contributed by atoms with Crippen molar-refractivity contribution in [3.63, 3.8) is 0 Å². The molecule has 0 atom stereocenters. The number of hydrogen-bond donors (Lipinski definition) is 2. The molecule has 0 aliphatic heterocycles. The summed E-state index contributed by atoms with van der Waals surface area (Å²) >= 11 is 7.30. The maximum Gasteiger partial charge on any atom is 0.265 e. The smallest absolute Gasteiger partial charge is 0.265 e. The Kier molecular flexibility index (Phi) is 3.59. The van der Waals surface area contributed by atoms with Gasteiger partial charge in [0.05, 0.1) is 10.7 Å². The third kappa shape index (κ3) is 3.00. The van der Waals surface area contributed by atoms with E-state index in [0.717, 1.165) is 24.1 Å². The van der Waals surface area contributed by atoms with Crippen molar-refractivity contribution >= 4 is 43.8 Å². The molecule has 1 heterocycles. The van der Waals surface area contributed by atoms with E-state index in [4.69, 9.17) is 17.3 Å². The fraction of sp³-hybridized carbons (Fsp3) is 0.308. The van der Waals surface area contributed by atoms with E-state index in [0.29, 0.717) is 16.7 Å². The van der Waals surface area contributed by atoms with Gasteiger partial charge in [-0.25, -0.2) is 13.4 Å². The number of rotatable bonds is 4. The van der Waals surface area contributed by atoms with Crippen molar-refractivity contribution in [3.8, 4) is 0 Å². The number of aryl methyl sites for hydroxylation is 1. The predicted octanol–water partition coefficient (Wildman–Crippen LogP) is 3.37. The molecule has 0 radical (unpaired) electrons. The molecule has 3 N–H and O–H groups in total. The van der Waals surface area contributed by atoms with Gasteiger partial charge in [-0.2, -0.15) is 0 Å². The Bertz CT molecular complexity index is 798. The normalized spacial score (nSPS) is 15.1. The Balaban J connectivity index is 1.90. The average molecular weight is 344 g/mol. The first kappa shape index (κ1) is 14.6. The Morgan fingerprint density at radius 3 is 2.81 bits per heavy atom. The third-order valence-electron chi connectivity index (χ3n) is 3.35. The molecule has 8 heteroatoms. The molecule has 1 fully saturated rings. The molecule has 0 amide bonds. The van der Waals surface area contributed by atoms with Crippen LogP contribution in [-0.2, 0) is 10.0 Å². The predicted molar refractivity (Wildman–Crippen MR) is 85.5 cm³/mol. The topological polar surface area (TPSA) is 85.1 Å². The molecule has 0 spiro atoms. The van der Waals surface area contributed by atoms with Crippen LogP contribution in [0.4, 0.5) is 10.8 Å². The lowest BCUT2D eigenvalue weighted by atomic mass is 10.2. The minimum absolute atomic E-state index is 0.0320. The van der Waals surface area contributed by atoms with E-state index >= 15 is 0 Å². The molecule has 112 valence electrons. The summed E-state index contributed by atoms with van der Waals surface area (Å²) in [4.78, 5) is 4.27. The van der Waals surface area contributed by atoms with E-state index in [1.54, 1.807) is 13.0 Å². The van der Waals surface area contributed by atoms with Gasteiger partial charge in [0.1, 0.15) is 4.90 Å². The van der Waals surface area contributed by atoms with Crippen molar-refractivity contribution in [2.75, 3.05) is 10.5 Å². The first-order valence-corrected chi connectivity index (χ1v) is 9.15. The Hall–Kier alpha value is -1.31. The Morgan fingerprint density at radius 1 is 1.43 bits per heavy atom. The van der Waals surface area contributed by atoms with Gasteiger partial charge in [-0.1, -0.05) is 11.6 Å². The monoisotopic (exact) mass is 343 g/mol. The fourth-order valence-corrected chi connectivity index (χ4v) is 4.61. The number of sulfonamides is 1. The molecule has 0 bridgehead atoms. The van der Waals surface area contributed by atoms with Crippen molar-refractivity contribution in [2.45, 2.75) is 30.6 Å². The van der Waals surface area contributed by atoms with Gasteiger partial charge in [0.25, 0.3) is 10.0 Å². The lowest BCUT2D eigenvalue weighted by Crippen LogP contribution is -2.14. The van der Waals surface area contributed by atoms with Crippen LogP contribution in [0.25, 0.3) is 0 Å². The first-order chi connectivity index (χ1) is 9.87. The number of halogens is 1. The van der Waals surface area contributed by atoms with Crippen LogP contribution in [-0.4, -0.2) is 13.4 Å². The summed E-state index contributed by atoms with van der Waals surface area (Å²) in [6, 6.07) is 2.92. The van der Waals surface area contributed by atoms with Crippen LogP contribution >= 0.6 is 22.9 Å². The highest BCUT2D eigenvalue weighted by molar-refractivity contribution is 7.93. The lowest BCUT2D eigenvalue weighted by molar-refractivity contribution is 0.601. The van der Waals surface area contributed by atoms with E-state index in [9.17, 15) is 8.42 Å². The summed E-state index contributed by atoms with van der Waals surface area (Å²) < 4.78 is 27.3. The largest absolute Gasteiger partial charge is 0.398 e. The van der Waals surface area contributed by atoms with Crippen LogP contribution in [0.15, 0.2) is 22.4 Å². The van der Waals surface area contributed by atoms with Gasteiger partial charge in [0, 0.05) is 17.0 Å². The van der Waals surface area contributed by atoms with Gasteiger partial charge in [0.2, 0.25) is 0 Å². The molecule has 21 heavy (non-hydrogen) atoms. The van der Waals surface area contributed by atoms with Crippen LogP contribution < -0.4 is 10.5 Å². The zero-order valence-electron chi connectivity index (χ0n) is 11.3. The summed E-state index contributed by atoms with van der Waals surface area (Å²) in [6.45, 7) is 1.77. The quantitative estimate of drug-likeness (QED) is 0.833. The van der Waals surface area contributed by atoms with Crippen LogP contribution in [0.1, 0.15) is 30.0 Å². The molecule has 1 aromatic carbocycles. The molecule has 1 saturated carbocycles. The maximum atomic E-state index is 12.4. The molecule has 5 nitrogen and oxygen atoms in total. The second-order valence-electron chi connectivity index (χ2n) is 5.10. The van der Waals surface area contributed by atoms with Crippen molar-refractivity contribution in [1.29, 1.82) is 0 Å². The average Bonchev–Trinajstić information content (AvgIpc) is 3.15. The number of anilines is 2. The summed E-state index contributed by atoms with van der Waals surface area (Å²) in [6.07, 6.45) is 2.24. The van der Waals surface area contributed by atoms with Gasteiger partial charge in [0.15, 0.2) is 5.13 Å². The van der Waals surface area contributed by atoms with E-state index in [1.165, 1.54) is 17.4 Å². The van der Waals surface area contributed by atoms with Crippen LogP contribution in [0, 0.1) is 6.92 Å². The first-order valence-electron chi connectivity index (χ1n) is 6.40. The van der Waals surface area contributed by atoms with Gasteiger partial charge < -0.3 is 5.73 Å². The minimum Gasteiger partial charge on any atom is -0.398 e. The van der Waals surface area contributed by atoms with Gasteiger partial charge in [-0.3, -0.25) is 4.72 Å². The van der Waals surface area contributed by atoms with E-state index in [2.05, 4.69) is 9.71 Å². The number of thiazole rings is 1. The van der Waals surface area contributed by atoms with Crippen LogP contribution in [0.2, 0.25) is 5.02 Å².